The fourth-order valence-electron chi connectivity index (χ4n) is 2.96. The number of nitrogens with zero attached hydrogens (tertiary/aromatic N) is 2. The highest BCUT2D eigenvalue weighted by Crippen LogP contribution is 2.31. The van der Waals surface area contributed by atoms with Crippen LogP contribution in [0, 0.1) is 5.92 Å². The Morgan fingerprint density at radius 1 is 1.30 bits per heavy atom. The van der Waals surface area contributed by atoms with Crippen LogP contribution in [0.1, 0.15) is 20.3 Å². The molecule has 1 aromatic carbocycles. The molecule has 1 saturated heterocycles. The van der Waals surface area contributed by atoms with Crippen LogP contribution in [0.15, 0.2) is 18.2 Å². The van der Waals surface area contributed by atoms with Crippen LogP contribution in [0.3, 0.4) is 0 Å². The van der Waals surface area contributed by atoms with E-state index in [1.54, 1.807) is 0 Å². The summed E-state index contributed by atoms with van der Waals surface area (Å²) in [4.78, 5) is 4.56. The summed E-state index contributed by atoms with van der Waals surface area (Å²) in [5, 5.41) is 4.50. The van der Waals surface area contributed by atoms with Crippen LogP contribution in [0.5, 0.6) is 0 Å². The maximum atomic E-state index is 6.16. The Labute approximate surface area is 127 Å². The topological polar surface area (TPSA) is 18.5 Å². The van der Waals surface area contributed by atoms with Gasteiger partial charge in [-0.1, -0.05) is 18.5 Å². The molecule has 3 atom stereocenters. The van der Waals surface area contributed by atoms with E-state index >= 15 is 0 Å². The molecule has 2 rings (SSSR count). The van der Waals surface area contributed by atoms with Crippen molar-refractivity contribution in [1.82, 2.24) is 4.90 Å². The van der Waals surface area contributed by atoms with Crippen LogP contribution in [-0.4, -0.2) is 44.7 Å². The van der Waals surface area contributed by atoms with Crippen LogP contribution in [0.2, 0.25) is 5.02 Å². The van der Waals surface area contributed by atoms with Crippen molar-refractivity contribution in [3.05, 3.63) is 23.2 Å². The monoisotopic (exact) mass is 295 g/mol. The molecule has 0 spiro atoms. The average Bonchev–Trinajstić information content (AvgIpc) is 2.35. The summed E-state index contributed by atoms with van der Waals surface area (Å²) < 4.78 is 0. The Morgan fingerprint density at radius 3 is 2.65 bits per heavy atom. The van der Waals surface area contributed by atoms with Crippen LogP contribution in [0.25, 0.3) is 0 Å². The quantitative estimate of drug-likeness (QED) is 0.920. The number of piperidine rings is 1. The minimum atomic E-state index is 0.498. The van der Waals surface area contributed by atoms with Crippen molar-refractivity contribution in [2.75, 3.05) is 37.9 Å². The van der Waals surface area contributed by atoms with Gasteiger partial charge in [-0.2, -0.15) is 0 Å². The van der Waals surface area contributed by atoms with Gasteiger partial charge in [-0.25, -0.2) is 0 Å². The molecule has 3 unspecified atom stereocenters. The van der Waals surface area contributed by atoms with E-state index < -0.39 is 0 Å². The third-order valence-electron chi connectivity index (χ3n) is 4.39. The first-order chi connectivity index (χ1) is 9.38. The van der Waals surface area contributed by atoms with Crippen molar-refractivity contribution in [3.8, 4) is 0 Å². The fourth-order valence-corrected chi connectivity index (χ4v) is 3.13. The van der Waals surface area contributed by atoms with Gasteiger partial charge < -0.3 is 15.1 Å². The van der Waals surface area contributed by atoms with E-state index in [0.29, 0.717) is 18.0 Å². The van der Waals surface area contributed by atoms with Crippen molar-refractivity contribution < 1.29 is 0 Å². The summed E-state index contributed by atoms with van der Waals surface area (Å²) in [5.41, 5.74) is 2.32. The maximum absolute atomic E-state index is 6.16. The maximum Gasteiger partial charge on any atom is 0.0597 e. The lowest BCUT2D eigenvalue weighted by Gasteiger charge is -2.40. The summed E-state index contributed by atoms with van der Waals surface area (Å²) in [6.07, 6.45) is 1.16. The standard InChI is InChI=1S/C16H26ClN3/c1-11-10-20(5)12(2)8-14(11)18-15-9-13(17)6-7-16(15)19(3)4/h6-7,9,11-12,14,18H,8,10H2,1-5H3. The molecule has 1 aliphatic heterocycles. The Bertz CT molecular complexity index is 461. The molecule has 0 amide bonds. The second-order valence-corrected chi connectivity index (χ2v) is 6.74. The highest BCUT2D eigenvalue weighted by atomic mass is 35.5. The summed E-state index contributed by atoms with van der Waals surface area (Å²) in [7, 11) is 6.34. The summed E-state index contributed by atoms with van der Waals surface area (Å²) >= 11 is 6.16. The SMILES string of the molecule is CC1CN(C)C(C)CC1Nc1cc(Cl)ccc1N(C)C. The number of nitrogens with one attached hydrogen (secondary N) is 1. The summed E-state index contributed by atoms with van der Waals surface area (Å²) in [6.45, 7) is 5.75. The lowest BCUT2D eigenvalue weighted by molar-refractivity contribution is 0.146. The first-order valence-electron chi connectivity index (χ1n) is 7.32. The van der Waals surface area contributed by atoms with Crippen LogP contribution in [0.4, 0.5) is 11.4 Å². The number of rotatable bonds is 3. The van der Waals surface area contributed by atoms with E-state index in [-0.39, 0.29) is 0 Å². The first-order valence-corrected chi connectivity index (χ1v) is 7.70. The molecular weight excluding hydrogens is 270 g/mol. The third-order valence-corrected chi connectivity index (χ3v) is 4.63. The van der Waals surface area contributed by atoms with Crippen LogP contribution >= 0.6 is 11.6 Å². The zero-order valence-corrected chi connectivity index (χ0v) is 13.9. The molecule has 4 heteroatoms. The first kappa shape index (κ1) is 15.5. The molecule has 0 bridgehead atoms. The number of halogens is 1. The molecule has 3 nitrogen and oxygen atoms in total. The molecule has 1 aromatic rings. The third kappa shape index (κ3) is 3.39. The van der Waals surface area contributed by atoms with Crippen molar-refractivity contribution >= 4 is 23.0 Å². The molecule has 0 aromatic heterocycles. The van der Waals surface area contributed by atoms with E-state index in [1.807, 2.05) is 12.1 Å². The highest BCUT2D eigenvalue weighted by Gasteiger charge is 2.29. The van der Waals surface area contributed by atoms with E-state index in [0.717, 1.165) is 23.7 Å². The molecule has 1 N–H and O–H groups in total. The second-order valence-electron chi connectivity index (χ2n) is 6.31. The van der Waals surface area contributed by atoms with Crippen molar-refractivity contribution in [2.24, 2.45) is 5.92 Å². The van der Waals surface area contributed by atoms with E-state index in [1.165, 1.54) is 5.69 Å². The van der Waals surface area contributed by atoms with Gasteiger partial charge in [0.15, 0.2) is 0 Å². The van der Waals surface area contributed by atoms with E-state index in [4.69, 9.17) is 11.6 Å². The second kappa shape index (κ2) is 6.23. The van der Waals surface area contributed by atoms with Crippen molar-refractivity contribution in [1.29, 1.82) is 0 Å². The van der Waals surface area contributed by atoms with Gasteiger partial charge in [0, 0.05) is 37.7 Å². The minimum absolute atomic E-state index is 0.498. The Balaban J connectivity index is 2.19. The molecule has 1 heterocycles. The number of likely N-dealkylation sites (tertiary alicyclic amines) is 1. The van der Waals surface area contributed by atoms with Gasteiger partial charge in [-0.15, -0.1) is 0 Å². The molecule has 1 aliphatic rings. The summed E-state index contributed by atoms with van der Waals surface area (Å²) in [5.74, 6) is 0.630. The highest BCUT2D eigenvalue weighted by molar-refractivity contribution is 6.31. The van der Waals surface area contributed by atoms with Gasteiger partial charge in [0.1, 0.15) is 0 Å². The number of hydrogen-bond donors (Lipinski definition) is 1. The van der Waals surface area contributed by atoms with E-state index in [2.05, 4.69) is 56.2 Å². The predicted molar refractivity (Wildman–Crippen MR) is 89.1 cm³/mol. The molecule has 20 heavy (non-hydrogen) atoms. The Kier molecular flexibility index (Phi) is 4.82. The average molecular weight is 296 g/mol. The number of hydrogen-bond acceptors (Lipinski definition) is 3. The van der Waals surface area contributed by atoms with Gasteiger partial charge in [0.2, 0.25) is 0 Å². The van der Waals surface area contributed by atoms with Gasteiger partial charge in [0.25, 0.3) is 0 Å². The Hall–Kier alpha value is -0.930. The van der Waals surface area contributed by atoms with Gasteiger partial charge >= 0.3 is 0 Å². The van der Waals surface area contributed by atoms with Gasteiger partial charge in [-0.05, 0) is 44.5 Å². The molecule has 112 valence electrons. The predicted octanol–water partition coefficient (Wildman–Crippen LogP) is 3.55. The minimum Gasteiger partial charge on any atom is -0.380 e. The molecule has 0 radical (unpaired) electrons. The lowest BCUT2D eigenvalue weighted by atomic mass is 9.89. The van der Waals surface area contributed by atoms with E-state index in [9.17, 15) is 0 Å². The normalized spacial score (nSPS) is 27.4. The number of benzene rings is 1. The Morgan fingerprint density at radius 2 is 2.00 bits per heavy atom. The lowest BCUT2D eigenvalue weighted by Crippen LogP contribution is -2.48. The molecular formula is C16H26ClN3. The zero-order chi connectivity index (χ0) is 14.9. The fraction of sp³-hybridized carbons (Fsp3) is 0.625. The van der Waals surface area contributed by atoms with Crippen LogP contribution in [-0.2, 0) is 0 Å². The molecule has 0 saturated carbocycles. The zero-order valence-electron chi connectivity index (χ0n) is 13.2. The molecule has 0 aliphatic carbocycles. The smallest absolute Gasteiger partial charge is 0.0597 e. The van der Waals surface area contributed by atoms with Crippen LogP contribution < -0.4 is 10.2 Å². The van der Waals surface area contributed by atoms with Crippen molar-refractivity contribution in [3.63, 3.8) is 0 Å². The molecule has 1 fully saturated rings. The van der Waals surface area contributed by atoms with Gasteiger partial charge in [0.05, 0.1) is 11.4 Å². The van der Waals surface area contributed by atoms with Gasteiger partial charge in [-0.3, -0.25) is 0 Å². The largest absolute Gasteiger partial charge is 0.380 e. The van der Waals surface area contributed by atoms with Crippen molar-refractivity contribution in [2.45, 2.75) is 32.4 Å². The summed E-state index contributed by atoms with van der Waals surface area (Å²) in [6, 6.07) is 7.17. The number of anilines is 2.